The normalized spacial score (nSPS) is 11.4. The Kier molecular flexibility index (Phi) is 17.7. The lowest BCUT2D eigenvalue weighted by Gasteiger charge is -2.30. The molecule has 0 spiro atoms. The molecule has 3 aromatic rings. The van der Waals surface area contributed by atoms with Crippen LogP contribution in [0.5, 0.6) is 0 Å². The number of hydrogen-bond donors (Lipinski definition) is 0. The summed E-state index contributed by atoms with van der Waals surface area (Å²) < 4.78 is 1.09. The Morgan fingerprint density at radius 3 is 1.46 bits per heavy atom. The van der Waals surface area contributed by atoms with Gasteiger partial charge in [0.1, 0.15) is 14.4 Å². The number of hydrogen-bond acceptors (Lipinski definition) is 0. The molecule has 3 aromatic carbocycles. The van der Waals surface area contributed by atoms with Crippen LogP contribution < -0.4 is 5.46 Å². The first-order chi connectivity index (χ1) is 19.0. The lowest BCUT2D eigenvalue weighted by molar-refractivity contribution is -0.903. The summed E-state index contributed by atoms with van der Waals surface area (Å²) in [4.78, 5) is 0. The molecule has 0 N–H and O–H groups in total. The van der Waals surface area contributed by atoms with Gasteiger partial charge in [-0.2, -0.15) is 0 Å². The van der Waals surface area contributed by atoms with E-state index in [1.807, 2.05) is 30.3 Å². The van der Waals surface area contributed by atoms with Gasteiger partial charge in [-0.1, -0.05) is 169 Å². The van der Waals surface area contributed by atoms with Crippen LogP contribution in [0.4, 0.5) is 0 Å². The monoisotopic (exact) mass is 526 g/mol. The van der Waals surface area contributed by atoms with Crippen LogP contribution in [0.2, 0.25) is 0 Å². The van der Waals surface area contributed by atoms with E-state index in [1.54, 1.807) is 0 Å². The second-order valence-electron chi connectivity index (χ2n) is 12.2. The minimum absolute atomic E-state index is 0.822. The molecular weight excluding hydrogens is 469 g/mol. The van der Waals surface area contributed by atoms with Gasteiger partial charge in [0, 0.05) is 5.56 Å². The maximum atomic E-state index is 5.36. The van der Waals surface area contributed by atoms with Crippen molar-refractivity contribution in [1.82, 2.24) is 0 Å². The quantitative estimate of drug-likeness (QED) is 0.0828. The van der Waals surface area contributed by atoms with Gasteiger partial charge >= 0.3 is 0 Å². The second-order valence-corrected chi connectivity index (χ2v) is 12.2. The molecule has 2 heteroatoms. The summed E-state index contributed by atoms with van der Waals surface area (Å²) in [5.41, 5.74) is 2.28. The SMILES string of the molecule is CCCCCCCCCCCCCCCCCC[N+](C)(C)Cc1ccc2ccccc2c1.[B]c1ccccc1. The van der Waals surface area contributed by atoms with Gasteiger partial charge < -0.3 is 4.48 Å². The minimum atomic E-state index is 0.822. The fourth-order valence-electron chi connectivity index (χ4n) is 5.45. The number of rotatable bonds is 19. The molecule has 0 unspecified atom stereocenters. The highest BCUT2D eigenvalue weighted by Gasteiger charge is 2.15. The summed E-state index contributed by atoms with van der Waals surface area (Å²) in [7, 11) is 10.1. The number of quaternary nitrogens is 1. The van der Waals surface area contributed by atoms with Crippen molar-refractivity contribution in [1.29, 1.82) is 0 Å². The van der Waals surface area contributed by atoms with Crippen LogP contribution in [0, 0.1) is 0 Å². The molecule has 212 valence electrons. The molecule has 1 nitrogen and oxygen atoms in total. The summed E-state index contributed by atoms with van der Waals surface area (Å²) in [6.45, 7) is 4.71. The Hall–Kier alpha value is -2.06. The molecule has 0 heterocycles. The van der Waals surface area contributed by atoms with E-state index in [2.05, 4.69) is 63.5 Å². The average Bonchev–Trinajstić information content (AvgIpc) is 2.93. The molecule has 0 saturated heterocycles. The lowest BCUT2D eigenvalue weighted by Crippen LogP contribution is -2.39. The van der Waals surface area contributed by atoms with Crippen molar-refractivity contribution in [2.45, 2.75) is 116 Å². The molecule has 0 atom stereocenters. The van der Waals surface area contributed by atoms with Crippen molar-refractivity contribution in [3.8, 4) is 0 Å². The highest BCUT2D eigenvalue weighted by atomic mass is 15.3. The molecular formula is C37H57BN+. The zero-order chi connectivity index (χ0) is 28.0. The van der Waals surface area contributed by atoms with E-state index in [0.717, 1.165) is 16.5 Å². The van der Waals surface area contributed by atoms with Crippen molar-refractivity contribution < 1.29 is 4.48 Å². The molecule has 0 saturated carbocycles. The van der Waals surface area contributed by atoms with Gasteiger partial charge in [-0.15, -0.1) is 0 Å². The van der Waals surface area contributed by atoms with E-state index in [4.69, 9.17) is 7.85 Å². The fourth-order valence-corrected chi connectivity index (χ4v) is 5.45. The molecule has 0 bridgehead atoms. The molecule has 0 amide bonds. The average molecular weight is 527 g/mol. The van der Waals surface area contributed by atoms with Crippen LogP contribution in [0.25, 0.3) is 10.8 Å². The Bertz CT molecular complexity index is 981. The third-order valence-corrected chi connectivity index (χ3v) is 7.84. The molecule has 0 aliphatic heterocycles. The van der Waals surface area contributed by atoms with Gasteiger partial charge in [-0.05, 0) is 29.7 Å². The van der Waals surface area contributed by atoms with Crippen LogP contribution in [-0.4, -0.2) is 33.0 Å². The highest BCUT2D eigenvalue weighted by Crippen LogP contribution is 2.19. The van der Waals surface area contributed by atoms with E-state index < -0.39 is 0 Å². The number of unbranched alkanes of at least 4 members (excludes halogenated alkanes) is 15. The fraction of sp³-hybridized carbons (Fsp3) is 0.568. The maximum absolute atomic E-state index is 5.36. The standard InChI is InChI=1S/C31H52N.C6H5B/c1-4-5-6-7-8-9-10-11-12-13-14-15-16-17-18-21-26-32(2,3)28-29-24-25-30-22-19-20-23-31(30)27-29;7-6-4-2-1-3-5-6/h19-20,22-25,27H,4-18,21,26,28H2,1-3H3;1-5H/q+1;. The van der Waals surface area contributed by atoms with Crippen molar-refractivity contribution >= 4 is 24.1 Å². The van der Waals surface area contributed by atoms with Gasteiger partial charge in [-0.3, -0.25) is 0 Å². The third kappa shape index (κ3) is 16.6. The second kappa shape index (κ2) is 20.8. The topological polar surface area (TPSA) is 0 Å². The summed E-state index contributed by atoms with van der Waals surface area (Å²) in [5.74, 6) is 0. The predicted molar refractivity (Wildman–Crippen MR) is 176 cm³/mol. The molecule has 39 heavy (non-hydrogen) atoms. The Labute approximate surface area is 243 Å². The van der Waals surface area contributed by atoms with E-state index in [0.29, 0.717) is 0 Å². The van der Waals surface area contributed by atoms with Crippen LogP contribution >= 0.6 is 0 Å². The van der Waals surface area contributed by atoms with Gasteiger partial charge in [0.05, 0.1) is 20.6 Å². The smallest absolute Gasteiger partial charge is 0.113 e. The Morgan fingerprint density at radius 1 is 0.513 bits per heavy atom. The van der Waals surface area contributed by atoms with Crippen LogP contribution in [0.15, 0.2) is 72.8 Å². The van der Waals surface area contributed by atoms with Gasteiger partial charge in [0.15, 0.2) is 0 Å². The zero-order valence-corrected chi connectivity index (χ0v) is 25.7. The number of nitrogens with zero attached hydrogens (tertiary/aromatic N) is 1. The third-order valence-electron chi connectivity index (χ3n) is 7.84. The van der Waals surface area contributed by atoms with Crippen molar-refractivity contribution in [3.05, 3.63) is 78.4 Å². The van der Waals surface area contributed by atoms with E-state index in [1.165, 1.54) is 126 Å². The first-order valence-electron chi connectivity index (χ1n) is 16.1. The molecule has 0 aliphatic carbocycles. The number of fused-ring (bicyclic) bond motifs is 1. The van der Waals surface area contributed by atoms with Crippen molar-refractivity contribution in [3.63, 3.8) is 0 Å². The Morgan fingerprint density at radius 2 is 0.974 bits per heavy atom. The summed E-state index contributed by atoms with van der Waals surface area (Å²) >= 11 is 0. The Balaban J connectivity index is 0.000000658. The molecule has 2 radical (unpaired) electrons. The van der Waals surface area contributed by atoms with Gasteiger partial charge in [0.2, 0.25) is 0 Å². The molecule has 3 rings (SSSR count). The van der Waals surface area contributed by atoms with Crippen LogP contribution in [-0.2, 0) is 6.54 Å². The predicted octanol–water partition coefficient (Wildman–Crippen LogP) is 10.2. The van der Waals surface area contributed by atoms with Crippen molar-refractivity contribution in [2.24, 2.45) is 0 Å². The van der Waals surface area contributed by atoms with Gasteiger partial charge in [-0.25, -0.2) is 0 Å². The number of benzene rings is 3. The zero-order valence-electron chi connectivity index (χ0n) is 25.7. The van der Waals surface area contributed by atoms with Crippen LogP contribution in [0.3, 0.4) is 0 Å². The highest BCUT2D eigenvalue weighted by molar-refractivity contribution is 6.32. The lowest BCUT2D eigenvalue weighted by atomic mass is 9.97. The summed E-state index contributed by atoms with van der Waals surface area (Å²) in [6.07, 6.45) is 23.1. The van der Waals surface area contributed by atoms with Gasteiger partial charge in [0.25, 0.3) is 0 Å². The first kappa shape index (κ1) is 33.2. The molecule has 0 aliphatic rings. The van der Waals surface area contributed by atoms with Crippen molar-refractivity contribution in [2.75, 3.05) is 20.6 Å². The first-order valence-corrected chi connectivity index (χ1v) is 16.1. The molecule has 0 fully saturated rings. The van der Waals surface area contributed by atoms with E-state index >= 15 is 0 Å². The summed E-state index contributed by atoms with van der Waals surface area (Å²) in [6, 6.07) is 25.2. The van der Waals surface area contributed by atoms with E-state index in [-0.39, 0.29) is 0 Å². The molecule has 0 aromatic heterocycles. The summed E-state index contributed by atoms with van der Waals surface area (Å²) in [5, 5.41) is 2.71. The van der Waals surface area contributed by atoms with E-state index in [9.17, 15) is 0 Å². The largest absolute Gasteiger partial charge is 0.325 e. The maximum Gasteiger partial charge on any atom is 0.113 e. The minimum Gasteiger partial charge on any atom is -0.325 e. The van der Waals surface area contributed by atoms with Crippen LogP contribution in [0.1, 0.15) is 115 Å².